The van der Waals surface area contributed by atoms with Crippen LogP contribution < -0.4 is 0 Å². The molecule has 1 aromatic heterocycles. The van der Waals surface area contributed by atoms with Gasteiger partial charge in [0.2, 0.25) is 0 Å². The first-order valence-corrected chi connectivity index (χ1v) is 7.65. The van der Waals surface area contributed by atoms with E-state index < -0.39 is 22.4 Å². The summed E-state index contributed by atoms with van der Waals surface area (Å²) in [6.45, 7) is 3.11. The summed E-state index contributed by atoms with van der Waals surface area (Å²) in [7, 11) is 0. The summed E-state index contributed by atoms with van der Waals surface area (Å²) >= 11 is 1.10. The summed E-state index contributed by atoms with van der Waals surface area (Å²) in [6.07, 6.45) is -1.40. The van der Waals surface area contributed by atoms with E-state index in [2.05, 4.69) is 10.2 Å². The zero-order valence-electron chi connectivity index (χ0n) is 12.8. The third-order valence-electron chi connectivity index (χ3n) is 3.27. The minimum Gasteiger partial charge on any atom is -0.267 e. The first-order chi connectivity index (χ1) is 11.1. The molecule has 0 N–H and O–H groups in total. The van der Waals surface area contributed by atoms with E-state index in [0.717, 1.165) is 23.9 Å². The number of aromatic nitrogens is 1. The van der Waals surface area contributed by atoms with E-state index in [1.54, 1.807) is 19.9 Å². The van der Waals surface area contributed by atoms with E-state index in [1.807, 2.05) is 0 Å². The number of thioether (sulfide) groups is 1. The first kappa shape index (κ1) is 18.1. The van der Waals surface area contributed by atoms with E-state index in [1.165, 1.54) is 24.5 Å². The van der Waals surface area contributed by atoms with Gasteiger partial charge in [-0.25, -0.2) is 0 Å². The number of halogens is 3. The van der Waals surface area contributed by atoms with Crippen LogP contribution in [0.3, 0.4) is 0 Å². The average Bonchev–Trinajstić information content (AvgIpc) is 2.53. The number of benzene rings is 1. The Balaban J connectivity index is 2.39. The molecule has 126 valence electrons. The van der Waals surface area contributed by atoms with E-state index in [0.29, 0.717) is 16.0 Å². The Morgan fingerprint density at radius 2 is 1.75 bits per heavy atom. The van der Waals surface area contributed by atoms with Crippen molar-refractivity contribution in [2.75, 3.05) is 0 Å². The van der Waals surface area contributed by atoms with Gasteiger partial charge >= 0.3 is 12.1 Å². The molecule has 0 saturated heterocycles. The molecule has 1 amide bonds. The van der Waals surface area contributed by atoms with Gasteiger partial charge in [0.1, 0.15) is 0 Å². The van der Waals surface area contributed by atoms with Crippen LogP contribution in [0.5, 0.6) is 0 Å². The number of alkyl halides is 3. The quantitative estimate of drug-likeness (QED) is 0.577. The summed E-state index contributed by atoms with van der Waals surface area (Å²) in [5.74, 6) is -0.817. The first-order valence-electron chi connectivity index (χ1n) is 6.83. The second-order valence-corrected chi connectivity index (χ2v) is 7.12. The van der Waals surface area contributed by atoms with E-state index in [-0.39, 0.29) is 0 Å². The summed E-state index contributed by atoms with van der Waals surface area (Å²) in [4.78, 5) is 26.7. The van der Waals surface area contributed by atoms with Crippen LogP contribution in [0.2, 0.25) is 0 Å². The van der Waals surface area contributed by atoms with Crippen molar-refractivity contribution in [2.45, 2.75) is 29.7 Å². The number of carbonyl (C=O) groups is 1. The van der Waals surface area contributed by atoms with Crippen LogP contribution in [0.25, 0.3) is 11.1 Å². The molecule has 0 fully saturated rings. The lowest BCUT2D eigenvalue weighted by molar-refractivity contribution is -0.137. The lowest BCUT2D eigenvalue weighted by Crippen LogP contribution is -2.25. The van der Waals surface area contributed by atoms with Crippen molar-refractivity contribution < 1.29 is 18.0 Å². The number of pyridine rings is 1. The second-order valence-electron chi connectivity index (χ2n) is 5.46. The van der Waals surface area contributed by atoms with Crippen molar-refractivity contribution in [1.82, 2.24) is 4.98 Å². The summed E-state index contributed by atoms with van der Waals surface area (Å²) in [6, 6.07) is 6.30. The highest BCUT2D eigenvalue weighted by atomic mass is 32.2. The van der Waals surface area contributed by atoms with Crippen LogP contribution in [-0.4, -0.2) is 15.6 Å². The fourth-order valence-corrected chi connectivity index (χ4v) is 3.04. The molecule has 24 heavy (non-hydrogen) atoms. The topological polar surface area (TPSA) is 59.4 Å². The molecule has 0 bridgehead atoms. The molecule has 1 aromatic carbocycles. The van der Waals surface area contributed by atoms with Gasteiger partial charge in [0, 0.05) is 28.0 Å². The zero-order valence-corrected chi connectivity index (χ0v) is 13.6. The molecule has 1 heterocycles. The predicted octanol–water partition coefficient (Wildman–Crippen LogP) is 4.93. The highest BCUT2D eigenvalue weighted by molar-refractivity contribution is 8.01. The van der Waals surface area contributed by atoms with E-state index >= 15 is 0 Å². The van der Waals surface area contributed by atoms with Crippen molar-refractivity contribution in [1.29, 1.82) is 0 Å². The third kappa shape index (κ3) is 4.00. The van der Waals surface area contributed by atoms with Gasteiger partial charge in [-0.05, 0) is 37.6 Å². The molecule has 0 aliphatic rings. The molecule has 0 aliphatic carbocycles. The molecule has 0 radical (unpaired) electrons. The standard InChI is InChI=1S/C16H13F3N2O2S/c1-15(2,14(22)21-23)24-13-7-8-20-9-12(13)10-3-5-11(6-4-10)16(17,18)19/h3-9H,1-2H3. The molecule has 0 aliphatic heterocycles. The number of rotatable bonds is 4. The van der Waals surface area contributed by atoms with Crippen LogP contribution in [0.15, 0.2) is 52.8 Å². The average molecular weight is 354 g/mol. The highest BCUT2D eigenvalue weighted by Gasteiger charge is 2.32. The number of hydrogen-bond acceptors (Lipinski definition) is 4. The van der Waals surface area contributed by atoms with Crippen molar-refractivity contribution in [2.24, 2.45) is 5.18 Å². The lowest BCUT2D eigenvalue weighted by atomic mass is 10.1. The summed E-state index contributed by atoms with van der Waals surface area (Å²) in [5, 5.41) is 2.45. The van der Waals surface area contributed by atoms with Gasteiger partial charge in [0.05, 0.1) is 10.3 Å². The molecule has 0 spiro atoms. The molecule has 2 rings (SSSR count). The largest absolute Gasteiger partial charge is 0.416 e. The molecule has 0 unspecified atom stereocenters. The SMILES string of the molecule is CC(C)(Sc1ccncc1-c1ccc(C(F)(F)F)cc1)C(=O)N=O. The Morgan fingerprint density at radius 1 is 1.12 bits per heavy atom. The van der Waals surface area contributed by atoms with Crippen molar-refractivity contribution in [3.63, 3.8) is 0 Å². The molecule has 2 aromatic rings. The summed E-state index contributed by atoms with van der Waals surface area (Å²) < 4.78 is 36.9. The van der Waals surface area contributed by atoms with Crippen LogP contribution in [-0.2, 0) is 11.0 Å². The van der Waals surface area contributed by atoms with Crippen molar-refractivity contribution in [3.05, 3.63) is 53.2 Å². The molecule has 0 saturated carbocycles. The number of amides is 1. The number of nitroso groups, excluding NO2 is 1. The molecule has 0 atom stereocenters. The fraction of sp³-hybridized carbons (Fsp3) is 0.250. The Labute approximate surface area is 140 Å². The normalized spacial score (nSPS) is 12.0. The Bertz CT molecular complexity index is 759. The van der Waals surface area contributed by atoms with E-state index in [4.69, 9.17) is 0 Å². The molecular weight excluding hydrogens is 341 g/mol. The highest BCUT2D eigenvalue weighted by Crippen LogP contribution is 2.39. The predicted molar refractivity (Wildman–Crippen MR) is 85.4 cm³/mol. The maximum Gasteiger partial charge on any atom is 0.416 e. The number of nitrogens with zero attached hydrogens (tertiary/aromatic N) is 2. The minimum atomic E-state index is -4.41. The lowest BCUT2D eigenvalue weighted by Gasteiger charge is -2.20. The second kappa shape index (κ2) is 6.72. The maximum atomic E-state index is 12.7. The summed E-state index contributed by atoms with van der Waals surface area (Å²) in [5.41, 5.74) is 0.355. The van der Waals surface area contributed by atoms with E-state index in [9.17, 15) is 22.9 Å². The third-order valence-corrected chi connectivity index (χ3v) is 4.53. The van der Waals surface area contributed by atoms with Gasteiger partial charge in [-0.3, -0.25) is 9.78 Å². The maximum absolute atomic E-state index is 12.7. The van der Waals surface area contributed by atoms with Gasteiger partial charge < -0.3 is 0 Å². The Kier molecular flexibility index (Phi) is 5.08. The number of hydrogen-bond donors (Lipinski definition) is 0. The van der Waals surface area contributed by atoms with Crippen LogP contribution in [0.4, 0.5) is 13.2 Å². The van der Waals surface area contributed by atoms with Gasteiger partial charge in [-0.15, -0.1) is 16.7 Å². The Morgan fingerprint density at radius 3 is 2.29 bits per heavy atom. The monoisotopic (exact) mass is 354 g/mol. The fourth-order valence-electron chi connectivity index (χ4n) is 1.95. The van der Waals surface area contributed by atoms with Crippen LogP contribution in [0.1, 0.15) is 19.4 Å². The Hall–Kier alpha value is -2.22. The number of carbonyl (C=O) groups excluding carboxylic acids is 1. The van der Waals surface area contributed by atoms with Crippen molar-refractivity contribution in [3.8, 4) is 11.1 Å². The zero-order chi connectivity index (χ0) is 18.0. The van der Waals surface area contributed by atoms with Gasteiger partial charge in [-0.1, -0.05) is 12.1 Å². The van der Waals surface area contributed by atoms with Gasteiger partial charge in [0.25, 0.3) is 0 Å². The minimum absolute atomic E-state index is 0.529. The van der Waals surface area contributed by atoms with Crippen LogP contribution >= 0.6 is 11.8 Å². The van der Waals surface area contributed by atoms with Crippen LogP contribution in [0, 0.1) is 4.91 Å². The van der Waals surface area contributed by atoms with Gasteiger partial charge in [0.15, 0.2) is 0 Å². The smallest absolute Gasteiger partial charge is 0.267 e. The molecular formula is C16H13F3N2O2S. The molecule has 4 nitrogen and oxygen atoms in total. The van der Waals surface area contributed by atoms with Gasteiger partial charge in [-0.2, -0.15) is 13.2 Å². The van der Waals surface area contributed by atoms with Crippen molar-refractivity contribution >= 4 is 17.7 Å². The molecule has 8 heteroatoms.